The molecule has 1 aromatic carbocycles. The fourth-order valence-corrected chi connectivity index (χ4v) is 3.86. The van der Waals surface area contributed by atoms with Crippen molar-refractivity contribution < 1.29 is 0 Å². The van der Waals surface area contributed by atoms with Gasteiger partial charge in [-0.1, -0.05) is 28.1 Å². The summed E-state index contributed by atoms with van der Waals surface area (Å²) in [6.45, 7) is 6.00. The molecule has 1 saturated heterocycles. The van der Waals surface area contributed by atoms with E-state index in [2.05, 4.69) is 78.7 Å². The highest BCUT2D eigenvalue weighted by Gasteiger charge is 2.20. The van der Waals surface area contributed by atoms with Gasteiger partial charge in [0.15, 0.2) is 5.96 Å². The van der Waals surface area contributed by atoms with Gasteiger partial charge in [-0.25, -0.2) is 0 Å². The maximum atomic E-state index is 4.43. The molecule has 0 bridgehead atoms. The fourth-order valence-electron chi connectivity index (χ4n) is 3.38. The minimum atomic E-state index is 0.460. The number of likely N-dealkylation sites (tertiary alicyclic amines) is 1. The molecular formula is C21H28BrN5. The van der Waals surface area contributed by atoms with Gasteiger partial charge >= 0.3 is 0 Å². The molecular weight excluding hydrogens is 402 g/mol. The number of aryl methyl sites for hydroxylation is 1. The van der Waals surface area contributed by atoms with Crippen LogP contribution in [0.15, 0.2) is 52.1 Å². The lowest BCUT2D eigenvalue weighted by molar-refractivity contribution is 0.196. The molecule has 0 spiro atoms. The Morgan fingerprint density at radius 1 is 1.26 bits per heavy atom. The topological polar surface area (TPSA) is 52.6 Å². The number of halogens is 1. The van der Waals surface area contributed by atoms with Crippen LogP contribution in [0.5, 0.6) is 0 Å². The fraction of sp³-hybridized carbons (Fsp3) is 0.429. The van der Waals surface area contributed by atoms with Crippen LogP contribution in [-0.2, 0) is 13.1 Å². The number of piperidine rings is 1. The van der Waals surface area contributed by atoms with Gasteiger partial charge < -0.3 is 10.6 Å². The number of nitrogens with one attached hydrogen (secondary N) is 2. The van der Waals surface area contributed by atoms with Crippen molar-refractivity contribution in [3.05, 3.63) is 63.9 Å². The molecule has 3 rings (SSSR count). The first kappa shape index (κ1) is 19.8. The molecule has 2 N–H and O–H groups in total. The molecule has 0 aliphatic carbocycles. The van der Waals surface area contributed by atoms with E-state index >= 15 is 0 Å². The Morgan fingerprint density at radius 3 is 2.74 bits per heavy atom. The standard InChI is InChI=1S/C21H28BrN5/c1-16-13-18(22)7-6-17(16)14-25-21(23-2)26-19-8-11-27(12-9-19)15-20-5-3-4-10-24-20/h3-7,10,13,19H,8-9,11-12,14-15H2,1-2H3,(H2,23,25,26). The minimum Gasteiger partial charge on any atom is -0.354 e. The van der Waals surface area contributed by atoms with Crippen LogP contribution in [0.1, 0.15) is 29.7 Å². The van der Waals surface area contributed by atoms with Crippen LogP contribution in [-0.4, -0.2) is 42.0 Å². The number of hydrogen-bond acceptors (Lipinski definition) is 3. The molecule has 1 aliphatic rings. The molecule has 1 aromatic heterocycles. The number of aromatic nitrogens is 1. The summed E-state index contributed by atoms with van der Waals surface area (Å²) >= 11 is 3.52. The van der Waals surface area contributed by atoms with E-state index in [1.165, 1.54) is 11.1 Å². The van der Waals surface area contributed by atoms with Crippen molar-refractivity contribution >= 4 is 21.9 Å². The molecule has 0 radical (unpaired) electrons. The van der Waals surface area contributed by atoms with Crippen molar-refractivity contribution in [2.24, 2.45) is 4.99 Å². The van der Waals surface area contributed by atoms with E-state index in [4.69, 9.17) is 0 Å². The Morgan fingerprint density at radius 2 is 2.07 bits per heavy atom. The van der Waals surface area contributed by atoms with Gasteiger partial charge in [0, 0.05) is 49.9 Å². The van der Waals surface area contributed by atoms with Gasteiger partial charge in [-0.05, 0) is 55.2 Å². The third-order valence-electron chi connectivity index (χ3n) is 5.01. The lowest BCUT2D eigenvalue weighted by Gasteiger charge is -2.32. The van der Waals surface area contributed by atoms with Gasteiger partial charge in [0.05, 0.1) is 5.69 Å². The maximum Gasteiger partial charge on any atom is 0.191 e. The summed E-state index contributed by atoms with van der Waals surface area (Å²) < 4.78 is 1.11. The largest absolute Gasteiger partial charge is 0.354 e. The van der Waals surface area contributed by atoms with E-state index in [-0.39, 0.29) is 0 Å². The van der Waals surface area contributed by atoms with Crippen molar-refractivity contribution in [1.29, 1.82) is 0 Å². The summed E-state index contributed by atoms with van der Waals surface area (Å²) in [7, 11) is 1.83. The summed E-state index contributed by atoms with van der Waals surface area (Å²) in [6.07, 6.45) is 4.10. The highest BCUT2D eigenvalue weighted by molar-refractivity contribution is 9.10. The lowest BCUT2D eigenvalue weighted by Crippen LogP contribution is -2.48. The van der Waals surface area contributed by atoms with E-state index in [1.807, 2.05) is 19.3 Å². The molecule has 27 heavy (non-hydrogen) atoms. The van der Waals surface area contributed by atoms with Crippen molar-refractivity contribution in [2.75, 3.05) is 20.1 Å². The molecule has 6 heteroatoms. The van der Waals surface area contributed by atoms with Crippen LogP contribution >= 0.6 is 15.9 Å². The Kier molecular flexibility index (Phi) is 7.24. The number of aliphatic imine (C=N–C) groups is 1. The first-order chi connectivity index (χ1) is 13.1. The second-order valence-corrected chi connectivity index (χ2v) is 7.93. The number of guanidine groups is 1. The first-order valence-electron chi connectivity index (χ1n) is 9.48. The number of benzene rings is 1. The molecule has 1 fully saturated rings. The third-order valence-corrected chi connectivity index (χ3v) is 5.51. The Bertz CT molecular complexity index is 754. The van der Waals surface area contributed by atoms with Crippen molar-refractivity contribution in [3.63, 3.8) is 0 Å². The Labute approximate surface area is 170 Å². The van der Waals surface area contributed by atoms with Crippen molar-refractivity contribution in [1.82, 2.24) is 20.5 Å². The van der Waals surface area contributed by atoms with Crippen molar-refractivity contribution in [2.45, 2.75) is 38.9 Å². The monoisotopic (exact) mass is 429 g/mol. The van der Waals surface area contributed by atoms with Gasteiger partial charge in [-0.2, -0.15) is 0 Å². The van der Waals surface area contributed by atoms with Crippen LogP contribution in [0.4, 0.5) is 0 Å². The van der Waals surface area contributed by atoms with Crippen LogP contribution in [0.2, 0.25) is 0 Å². The van der Waals surface area contributed by atoms with E-state index in [9.17, 15) is 0 Å². The zero-order valence-electron chi connectivity index (χ0n) is 16.1. The van der Waals surface area contributed by atoms with Crippen LogP contribution in [0.25, 0.3) is 0 Å². The zero-order valence-corrected chi connectivity index (χ0v) is 17.7. The quantitative estimate of drug-likeness (QED) is 0.564. The summed E-state index contributed by atoms with van der Waals surface area (Å²) in [4.78, 5) is 11.3. The predicted molar refractivity (Wildman–Crippen MR) is 115 cm³/mol. The summed E-state index contributed by atoms with van der Waals surface area (Å²) in [5.41, 5.74) is 3.70. The summed E-state index contributed by atoms with van der Waals surface area (Å²) in [5, 5.41) is 7.02. The van der Waals surface area contributed by atoms with Gasteiger partial charge in [0.2, 0.25) is 0 Å². The molecule has 1 aliphatic heterocycles. The van der Waals surface area contributed by atoms with Crippen LogP contribution < -0.4 is 10.6 Å². The normalized spacial score (nSPS) is 16.3. The summed E-state index contributed by atoms with van der Waals surface area (Å²) in [5.74, 6) is 0.875. The summed E-state index contributed by atoms with van der Waals surface area (Å²) in [6, 6.07) is 13.0. The van der Waals surface area contributed by atoms with Gasteiger partial charge in [-0.15, -0.1) is 0 Å². The molecule has 5 nitrogen and oxygen atoms in total. The van der Waals surface area contributed by atoms with Crippen LogP contribution in [0.3, 0.4) is 0 Å². The van der Waals surface area contributed by atoms with Crippen LogP contribution in [0, 0.1) is 6.92 Å². The van der Waals surface area contributed by atoms with E-state index < -0.39 is 0 Å². The predicted octanol–water partition coefficient (Wildman–Crippen LogP) is 3.48. The van der Waals surface area contributed by atoms with Gasteiger partial charge in [0.25, 0.3) is 0 Å². The highest BCUT2D eigenvalue weighted by Crippen LogP contribution is 2.16. The van der Waals surface area contributed by atoms with Gasteiger partial charge in [-0.3, -0.25) is 14.9 Å². The first-order valence-corrected chi connectivity index (χ1v) is 10.3. The molecule has 0 amide bonds. The zero-order chi connectivity index (χ0) is 19.1. The number of nitrogens with zero attached hydrogens (tertiary/aromatic N) is 3. The van der Waals surface area contributed by atoms with E-state index in [0.717, 1.165) is 55.1 Å². The van der Waals surface area contributed by atoms with Gasteiger partial charge in [0.1, 0.15) is 0 Å². The van der Waals surface area contributed by atoms with E-state index in [1.54, 1.807) is 0 Å². The SMILES string of the molecule is CN=C(NCc1ccc(Br)cc1C)NC1CCN(Cc2ccccn2)CC1. The molecule has 2 aromatic rings. The molecule has 144 valence electrons. The minimum absolute atomic E-state index is 0.460. The third kappa shape index (κ3) is 6.04. The highest BCUT2D eigenvalue weighted by atomic mass is 79.9. The molecule has 0 atom stereocenters. The molecule has 2 heterocycles. The van der Waals surface area contributed by atoms with E-state index in [0.29, 0.717) is 6.04 Å². The van der Waals surface area contributed by atoms with Crippen molar-refractivity contribution in [3.8, 4) is 0 Å². The number of rotatable bonds is 5. The Hall–Kier alpha value is -1.92. The average Bonchev–Trinajstić information content (AvgIpc) is 2.68. The molecule has 0 saturated carbocycles. The second kappa shape index (κ2) is 9.85. The second-order valence-electron chi connectivity index (χ2n) is 7.01. The molecule has 0 unspecified atom stereocenters. The number of pyridine rings is 1. The smallest absolute Gasteiger partial charge is 0.191 e. The maximum absolute atomic E-state index is 4.43. The number of hydrogen-bond donors (Lipinski definition) is 2. The Balaban J connectivity index is 1.44. The average molecular weight is 430 g/mol. The lowest BCUT2D eigenvalue weighted by atomic mass is 10.0.